The number of carbonyl (C=O) groups excluding carboxylic acids is 1. The molecule has 0 saturated heterocycles. The Hall–Kier alpha value is -1.15. The Morgan fingerprint density at radius 3 is 2.72 bits per heavy atom. The van der Waals surface area contributed by atoms with Gasteiger partial charge in [-0.15, -0.1) is 12.4 Å². The summed E-state index contributed by atoms with van der Waals surface area (Å²) in [4.78, 5) is 15.2. The second-order valence-electron chi connectivity index (χ2n) is 3.01. The van der Waals surface area contributed by atoms with Gasteiger partial charge in [-0.3, -0.25) is 9.78 Å². The minimum Gasteiger partial charge on any atom is -0.398 e. The average Bonchev–Trinajstić information content (AvgIpc) is 2.23. The molecule has 9 heteroatoms. The van der Waals surface area contributed by atoms with Crippen molar-refractivity contribution in [2.45, 2.75) is 5.51 Å². The predicted octanol–water partition coefficient (Wildman–Crippen LogP) is 2.07. The van der Waals surface area contributed by atoms with Crippen molar-refractivity contribution in [3.05, 3.63) is 24.0 Å². The zero-order valence-corrected chi connectivity index (χ0v) is 10.7. The van der Waals surface area contributed by atoms with Crippen LogP contribution in [0.15, 0.2) is 18.5 Å². The molecule has 1 rings (SSSR count). The molecule has 0 aliphatic carbocycles. The van der Waals surface area contributed by atoms with Gasteiger partial charge >= 0.3 is 5.51 Å². The Labute approximate surface area is 112 Å². The lowest BCUT2D eigenvalue weighted by Crippen LogP contribution is -2.27. The van der Waals surface area contributed by atoms with Crippen LogP contribution in [0.1, 0.15) is 10.4 Å². The first kappa shape index (κ1) is 16.9. The van der Waals surface area contributed by atoms with E-state index in [4.69, 9.17) is 5.73 Å². The van der Waals surface area contributed by atoms with Crippen LogP contribution in [0, 0.1) is 0 Å². The van der Waals surface area contributed by atoms with E-state index in [1.165, 1.54) is 18.5 Å². The molecule has 1 heterocycles. The molecular formula is C9H11ClF3N3OS. The number of pyridine rings is 1. The van der Waals surface area contributed by atoms with Gasteiger partial charge in [0.05, 0.1) is 5.56 Å². The van der Waals surface area contributed by atoms with Crippen molar-refractivity contribution >= 4 is 35.8 Å². The third-order valence-electron chi connectivity index (χ3n) is 1.75. The van der Waals surface area contributed by atoms with Crippen LogP contribution >= 0.6 is 24.2 Å². The zero-order valence-electron chi connectivity index (χ0n) is 9.03. The summed E-state index contributed by atoms with van der Waals surface area (Å²) in [6.07, 6.45) is 2.69. The third kappa shape index (κ3) is 5.97. The normalized spacial score (nSPS) is 10.6. The molecule has 0 unspecified atom stereocenters. The van der Waals surface area contributed by atoms with E-state index in [1.807, 2.05) is 0 Å². The number of nitrogens with zero attached hydrogens (tertiary/aromatic N) is 1. The maximum atomic E-state index is 11.8. The Morgan fingerprint density at radius 1 is 1.50 bits per heavy atom. The van der Waals surface area contributed by atoms with Gasteiger partial charge in [-0.05, 0) is 17.8 Å². The smallest absolute Gasteiger partial charge is 0.398 e. The fourth-order valence-electron chi connectivity index (χ4n) is 1.02. The largest absolute Gasteiger partial charge is 0.441 e. The number of nitrogen functional groups attached to an aromatic ring is 1. The van der Waals surface area contributed by atoms with Gasteiger partial charge in [0.2, 0.25) is 0 Å². The summed E-state index contributed by atoms with van der Waals surface area (Å²) in [6.45, 7) is -0.0860. The Balaban J connectivity index is 0.00000289. The number of alkyl halides is 3. The summed E-state index contributed by atoms with van der Waals surface area (Å²) in [5, 5.41) is 2.33. The highest BCUT2D eigenvalue weighted by Crippen LogP contribution is 2.29. The molecule has 0 radical (unpaired) electrons. The van der Waals surface area contributed by atoms with Gasteiger partial charge in [-0.2, -0.15) is 13.2 Å². The van der Waals surface area contributed by atoms with Crippen molar-refractivity contribution in [1.29, 1.82) is 0 Å². The fraction of sp³-hybridized carbons (Fsp3) is 0.333. The molecule has 1 aromatic rings. The highest BCUT2D eigenvalue weighted by molar-refractivity contribution is 8.00. The molecule has 0 aromatic carbocycles. The second kappa shape index (κ2) is 7.32. The quantitative estimate of drug-likeness (QED) is 0.836. The number of thioether (sulfide) groups is 1. The second-order valence-corrected chi connectivity index (χ2v) is 4.17. The first-order valence-corrected chi connectivity index (χ1v) is 5.57. The lowest BCUT2D eigenvalue weighted by atomic mass is 10.2. The van der Waals surface area contributed by atoms with Crippen LogP contribution < -0.4 is 11.1 Å². The topological polar surface area (TPSA) is 68.0 Å². The number of nitrogens with one attached hydrogen (secondary N) is 1. The molecule has 4 nitrogen and oxygen atoms in total. The monoisotopic (exact) mass is 301 g/mol. The number of hydrogen-bond acceptors (Lipinski definition) is 4. The number of carbonyl (C=O) groups is 1. The minimum atomic E-state index is -4.28. The highest BCUT2D eigenvalue weighted by atomic mass is 35.5. The van der Waals surface area contributed by atoms with Crippen molar-refractivity contribution in [3.8, 4) is 0 Å². The SMILES string of the molecule is Cl.Nc1ccncc1C(=O)NCCSC(F)(F)F. The average molecular weight is 302 g/mol. The number of nitrogens with two attached hydrogens (primary N) is 1. The number of anilines is 1. The summed E-state index contributed by atoms with van der Waals surface area (Å²) in [6, 6.07) is 1.44. The number of aromatic nitrogens is 1. The van der Waals surface area contributed by atoms with Crippen LogP contribution in [0.5, 0.6) is 0 Å². The molecule has 0 spiro atoms. The fourth-order valence-corrected chi connectivity index (χ4v) is 1.46. The third-order valence-corrected chi connectivity index (χ3v) is 2.49. The summed E-state index contributed by atoms with van der Waals surface area (Å²) in [5.41, 5.74) is 1.62. The van der Waals surface area contributed by atoms with Crippen molar-refractivity contribution in [2.75, 3.05) is 18.0 Å². The van der Waals surface area contributed by atoms with Crippen LogP contribution in [0.4, 0.5) is 18.9 Å². The van der Waals surface area contributed by atoms with E-state index >= 15 is 0 Å². The molecule has 0 saturated carbocycles. The molecule has 18 heavy (non-hydrogen) atoms. The Kier molecular flexibility index (Phi) is 6.85. The van der Waals surface area contributed by atoms with Gasteiger partial charge in [-0.25, -0.2) is 0 Å². The molecule has 1 amide bonds. The van der Waals surface area contributed by atoms with Gasteiger partial charge in [0.25, 0.3) is 5.91 Å². The molecule has 0 fully saturated rings. The summed E-state index contributed by atoms with van der Waals surface area (Å²) < 4.78 is 35.4. The van der Waals surface area contributed by atoms with E-state index in [0.29, 0.717) is 0 Å². The molecule has 102 valence electrons. The van der Waals surface area contributed by atoms with E-state index in [2.05, 4.69) is 10.3 Å². The molecular weight excluding hydrogens is 291 g/mol. The minimum absolute atomic E-state index is 0. The van der Waals surface area contributed by atoms with Crippen LogP contribution in [0.2, 0.25) is 0 Å². The maximum absolute atomic E-state index is 11.8. The lowest BCUT2D eigenvalue weighted by Gasteiger charge is -2.08. The highest BCUT2D eigenvalue weighted by Gasteiger charge is 2.27. The Bertz CT molecular complexity index is 403. The first-order valence-electron chi connectivity index (χ1n) is 4.58. The molecule has 0 atom stereocenters. The number of amides is 1. The van der Waals surface area contributed by atoms with Crippen LogP contribution in [0.3, 0.4) is 0 Å². The summed E-state index contributed by atoms with van der Waals surface area (Å²) >= 11 is -0.187. The van der Waals surface area contributed by atoms with E-state index in [9.17, 15) is 18.0 Å². The first-order chi connectivity index (χ1) is 7.90. The molecule has 3 N–H and O–H groups in total. The van der Waals surface area contributed by atoms with Crippen LogP contribution in [-0.2, 0) is 0 Å². The van der Waals surface area contributed by atoms with Gasteiger partial charge in [0.1, 0.15) is 0 Å². The van der Waals surface area contributed by atoms with Gasteiger partial charge in [-0.1, -0.05) is 0 Å². The molecule has 0 aliphatic rings. The molecule has 0 bridgehead atoms. The number of hydrogen-bond donors (Lipinski definition) is 2. The number of rotatable bonds is 4. The van der Waals surface area contributed by atoms with Crippen molar-refractivity contribution in [1.82, 2.24) is 10.3 Å². The zero-order chi connectivity index (χ0) is 12.9. The maximum Gasteiger partial charge on any atom is 0.441 e. The molecule has 0 aliphatic heterocycles. The predicted molar refractivity (Wildman–Crippen MR) is 66.7 cm³/mol. The molecule has 1 aromatic heterocycles. The van der Waals surface area contributed by atoms with Gasteiger partial charge in [0.15, 0.2) is 0 Å². The van der Waals surface area contributed by atoms with E-state index in [-0.39, 0.29) is 47.7 Å². The summed E-state index contributed by atoms with van der Waals surface area (Å²) in [7, 11) is 0. The van der Waals surface area contributed by atoms with E-state index in [1.54, 1.807) is 0 Å². The lowest BCUT2D eigenvalue weighted by molar-refractivity contribution is -0.0327. The van der Waals surface area contributed by atoms with Crippen molar-refractivity contribution in [2.24, 2.45) is 0 Å². The van der Waals surface area contributed by atoms with Crippen LogP contribution in [0.25, 0.3) is 0 Å². The van der Waals surface area contributed by atoms with E-state index in [0.717, 1.165) is 0 Å². The van der Waals surface area contributed by atoms with Gasteiger partial charge in [0, 0.05) is 30.4 Å². The summed E-state index contributed by atoms with van der Waals surface area (Å²) in [5.74, 6) is -0.770. The van der Waals surface area contributed by atoms with E-state index < -0.39 is 11.4 Å². The number of halogens is 4. The Morgan fingerprint density at radius 2 is 2.17 bits per heavy atom. The van der Waals surface area contributed by atoms with Gasteiger partial charge < -0.3 is 11.1 Å². The standard InChI is InChI=1S/C9H10F3N3OS.ClH/c10-9(11,12)17-4-3-15-8(16)6-5-14-2-1-7(6)13;/h1-2,5H,3-4H2,(H2,13,14)(H,15,16);1H. The van der Waals surface area contributed by atoms with Crippen molar-refractivity contribution in [3.63, 3.8) is 0 Å². The van der Waals surface area contributed by atoms with Crippen molar-refractivity contribution < 1.29 is 18.0 Å². The van der Waals surface area contributed by atoms with Crippen LogP contribution in [-0.4, -0.2) is 28.7 Å².